The monoisotopic (exact) mass is 284 g/mol. The number of carbonyl (C=O) groups is 1. The number of amides is 1. The highest BCUT2D eigenvalue weighted by molar-refractivity contribution is 6.17. The first-order valence-electron chi connectivity index (χ1n) is 5.72. The molecule has 8 nitrogen and oxygen atoms in total. The lowest BCUT2D eigenvalue weighted by Crippen LogP contribution is -2.32. The van der Waals surface area contributed by atoms with Gasteiger partial charge in [0.2, 0.25) is 0 Å². The molecule has 2 aromatic heterocycles. The second-order valence-corrected chi connectivity index (χ2v) is 4.58. The average Bonchev–Trinajstić information content (AvgIpc) is 2.76. The topological polar surface area (TPSA) is 94.2 Å². The third-order valence-corrected chi connectivity index (χ3v) is 2.52. The molecule has 2 heterocycles. The van der Waals surface area contributed by atoms with E-state index in [1.165, 1.54) is 10.7 Å². The predicted molar refractivity (Wildman–Crippen MR) is 68.4 cm³/mol. The van der Waals surface area contributed by atoms with Gasteiger partial charge in [-0.05, 0) is 13.8 Å². The molecule has 0 aliphatic heterocycles. The summed E-state index contributed by atoms with van der Waals surface area (Å²) < 4.78 is 2.29. The van der Waals surface area contributed by atoms with Gasteiger partial charge in [0.05, 0.1) is 6.54 Å². The van der Waals surface area contributed by atoms with Crippen molar-refractivity contribution in [2.45, 2.75) is 26.4 Å². The van der Waals surface area contributed by atoms with E-state index in [0.29, 0.717) is 0 Å². The normalized spacial score (nSPS) is 11.2. The molecule has 0 unspecified atom stereocenters. The lowest BCUT2D eigenvalue weighted by Gasteiger charge is -2.06. The fourth-order valence-corrected chi connectivity index (χ4v) is 1.71. The van der Waals surface area contributed by atoms with Gasteiger partial charge in [0.15, 0.2) is 11.3 Å². The van der Waals surface area contributed by atoms with E-state index in [9.17, 15) is 9.59 Å². The fourth-order valence-electron chi connectivity index (χ4n) is 1.55. The van der Waals surface area contributed by atoms with Crippen LogP contribution in [0.5, 0.6) is 0 Å². The standard InChI is InChI=1S/C10H13ClN6O2/c1-6(2)13-9(18)7-8-14-15-17(4-3-11)10(19)16(8)5-12-7/h5-6H,3-4H2,1-2H3,(H,13,18). The van der Waals surface area contributed by atoms with Crippen LogP contribution in [0.15, 0.2) is 11.1 Å². The molecule has 9 heteroatoms. The van der Waals surface area contributed by atoms with Crippen molar-refractivity contribution in [1.29, 1.82) is 0 Å². The van der Waals surface area contributed by atoms with Gasteiger partial charge in [-0.25, -0.2) is 14.2 Å². The van der Waals surface area contributed by atoms with Crippen LogP contribution >= 0.6 is 11.6 Å². The molecule has 19 heavy (non-hydrogen) atoms. The van der Waals surface area contributed by atoms with Gasteiger partial charge in [-0.2, -0.15) is 4.68 Å². The number of alkyl halides is 1. The van der Waals surface area contributed by atoms with Gasteiger partial charge in [-0.1, -0.05) is 5.21 Å². The molecule has 0 aromatic carbocycles. The molecular weight excluding hydrogens is 272 g/mol. The van der Waals surface area contributed by atoms with E-state index in [0.717, 1.165) is 4.68 Å². The number of hydrogen-bond donors (Lipinski definition) is 1. The maximum atomic E-state index is 12.0. The summed E-state index contributed by atoms with van der Waals surface area (Å²) in [5.41, 5.74) is -0.216. The smallest absolute Gasteiger partial charge is 0.348 e. The zero-order valence-corrected chi connectivity index (χ0v) is 11.3. The molecule has 1 amide bonds. The number of rotatable bonds is 4. The Bertz CT molecular complexity index is 662. The Balaban J connectivity index is 2.47. The van der Waals surface area contributed by atoms with Gasteiger partial charge >= 0.3 is 5.69 Å². The zero-order chi connectivity index (χ0) is 14.0. The largest absolute Gasteiger partial charge is 0.353 e. The molecule has 0 aliphatic rings. The summed E-state index contributed by atoms with van der Waals surface area (Å²) in [6.07, 6.45) is 1.26. The lowest BCUT2D eigenvalue weighted by molar-refractivity contribution is 0.0940. The van der Waals surface area contributed by atoms with Crippen molar-refractivity contribution in [1.82, 2.24) is 29.7 Å². The number of carbonyl (C=O) groups excluding carboxylic acids is 1. The Morgan fingerprint density at radius 2 is 2.26 bits per heavy atom. The number of fused-ring (bicyclic) bond motifs is 1. The summed E-state index contributed by atoms with van der Waals surface area (Å²) in [6, 6.07) is -0.0335. The first kappa shape index (κ1) is 13.5. The maximum Gasteiger partial charge on any atom is 0.353 e. The summed E-state index contributed by atoms with van der Waals surface area (Å²) in [4.78, 5) is 27.7. The van der Waals surface area contributed by atoms with Crippen molar-refractivity contribution in [2.24, 2.45) is 0 Å². The van der Waals surface area contributed by atoms with E-state index in [2.05, 4.69) is 20.6 Å². The number of nitrogens with zero attached hydrogens (tertiary/aromatic N) is 5. The highest BCUT2D eigenvalue weighted by Crippen LogP contribution is 2.02. The van der Waals surface area contributed by atoms with Gasteiger partial charge < -0.3 is 5.32 Å². The molecule has 0 bridgehead atoms. The summed E-state index contributed by atoms with van der Waals surface area (Å²) in [6.45, 7) is 3.90. The van der Waals surface area contributed by atoms with Crippen molar-refractivity contribution in [3.63, 3.8) is 0 Å². The molecule has 102 valence electrons. The maximum absolute atomic E-state index is 12.0. The second kappa shape index (κ2) is 5.35. The van der Waals surface area contributed by atoms with E-state index in [4.69, 9.17) is 11.6 Å². The minimum Gasteiger partial charge on any atom is -0.348 e. The van der Waals surface area contributed by atoms with Crippen LogP contribution in [0.25, 0.3) is 5.65 Å². The number of halogens is 1. The number of imidazole rings is 1. The van der Waals surface area contributed by atoms with Crippen LogP contribution in [0.4, 0.5) is 0 Å². The van der Waals surface area contributed by atoms with E-state index in [1.54, 1.807) is 0 Å². The Kier molecular flexibility index (Phi) is 3.79. The molecule has 0 radical (unpaired) electrons. The number of aromatic nitrogens is 5. The Labute approximate surface area is 113 Å². The van der Waals surface area contributed by atoms with Gasteiger partial charge in [-0.15, -0.1) is 16.7 Å². The van der Waals surface area contributed by atoms with Crippen LogP contribution in [0, 0.1) is 0 Å². The SMILES string of the molecule is CC(C)NC(=O)c1ncn2c(=O)n(CCCl)nnc12. The lowest BCUT2D eigenvalue weighted by atomic mass is 10.3. The van der Waals surface area contributed by atoms with Crippen LogP contribution in [0.3, 0.4) is 0 Å². The first-order valence-corrected chi connectivity index (χ1v) is 6.25. The van der Waals surface area contributed by atoms with E-state index in [1.807, 2.05) is 13.8 Å². The van der Waals surface area contributed by atoms with Crippen LogP contribution in [-0.2, 0) is 6.54 Å². The van der Waals surface area contributed by atoms with Crippen molar-refractivity contribution in [3.8, 4) is 0 Å². The summed E-state index contributed by atoms with van der Waals surface area (Å²) in [5, 5.41) is 10.2. The minimum absolute atomic E-state index is 0.0335. The van der Waals surface area contributed by atoms with Crippen LogP contribution in [-0.4, -0.2) is 42.2 Å². The van der Waals surface area contributed by atoms with Crippen LogP contribution in [0.2, 0.25) is 0 Å². The number of aryl methyl sites for hydroxylation is 1. The molecule has 2 rings (SSSR count). The van der Waals surface area contributed by atoms with E-state index < -0.39 is 5.69 Å². The highest BCUT2D eigenvalue weighted by atomic mass is 35.5. The number of hydrogen-bond acceptors (Lipinski definition) is 5. The molecule has 0 saturated carbocycles. The molecular formula is C10H13ClN6O2. The Morgan fingerprint density at radius 3 is 2.89 bits per heavy atom. The predicted octanol–water partition coefficient (Wildman–Crippen LogP) is -0.337. The molecule has 0 fully saturated rings. The third-order valence-electron chi connectivity index (χ3n) is 2.35. The molecule has 0 spiro atoms. The zero-order valence-electron chi connectivity index (χ0n) is 10.5. The third kappa shape index (κ3) is 2.58. The number of nitrogens with one attached hydrogen (secondary N) is 1. The van der Waals surface area contributed by atoms with Crippen molar-refractivity contribution in [2.75, 3.05) is 5.88 Å². The molecule has 0 saturated heterocycles. The van der Waals surface area contributed by atoms with Gasteiger partial charge in [0.1, 0.15) is 6.33 Å². The summed E-state index contributed by atoms with van der Waals surface area (Å²) >= 11 is 5.56. The quantitative estimate of drug-likeness (QED) is 0.776. The molecule has 2 aromatic rings. The summed E-state index contributed by atoms with van der Waals surface area (Å²) in [7, 11) is 0. The van der Waals surface area contributed by atoms with E-state index >= 15 is 0 Å². The van der Waals surface area contributed by atoms with Crippen molar-refractivity contribution in [3.05, 3.63) is 22.5 Å². The van der Waals surface area contributed by atoms with Crippen molar-refractivity contribution >= 4 is 23.2 Å². The highest BCUT2D eigenvalue weighted by Gasteiger charge is 2.17. The average molecular weight is 285 g/mol. The van der Waals surface area contributed by atoms with Crippen LogP contribution in [0.1, 0.15) is 24.3 Å². The van der Waals surface area contributed by atoms with Crippen molar-refractivity contribution < 1.29 is 4.79 Å². The molecule has 1 N–H and O–H groups in total. The molecule has 0 atom stereocenters. The second-order valence-electron chi connectivity index (χ2n) is 4.20. The molecule has 0 aliphatic carbocycles. The minimum atomic E-state index is -0.429. The Hall–Kier alpha value is -1.96. The fraction of sp³-hybridized carbons (Fsp3) is 0.500. The van der Waals surface area contributed by atoms with Gasteiger partial charge in [-0.3, -0.25) is 4.79 Å². The van der Waals surface area contributed by atoms with Gasteiger partial charge in [0, 0.05) is 11.9 Å². The Morgan fingerprint density at radius 1 is 1.53 bits per heavy atom. The summed E-state index contributed by atoms with van der Waals surface area (Å²) in [5.74, 6) is -0.142. The first-order chi connectivity index (χ1) is 9.04. The van der Waals surface area contributed by atoms with Crippen LogP contribution < -0.4 is 11.0 Å². The van der Waals surface area contributed by atoms with E-state index in [-0.39, 0.29) is 35.7 Å². The van der Waals surface area contributed by atoms with Gasteiger partial charge in [0.25, 0.3) is 5.91 Å².